The van der Waals surface area contributed by atoms with Crippen LogP contribution in [-0.2, 0) is 9.53 Å². The summed E-state index contributed by atoms with van der Waals surface area (Å²) in [6.45, 7) is 4.76. The Kier molecular flexibility index (Phi) is 5.49. The number of rotatable bonds is 2. The van der Waals surface area contributed by atoms with Crippen LogP contribution >= 0.6 is 24.0 Å². The van der Waals surface area contributed by atoms with Gasteiger partial charge in [0.05, 0.1) is 25.1 Å². The number of amides is 1. The Bertz CT molecular complexity index is 508. The van der Waals surface area contributed by atoms with Gasteiger partial charge < -0.3 is 15.0 Å². The number of nitrogens with zero attached hydrogens (tertiary/aromatic N) is 1. The number of halogens is 2. The van der Waals surface area contributed by atoms with Crippen LogP contribution in [0.4, 0.5) is 0 Å². The van der Waals surface area contributed by atoms with Gasteiger partial charge in [0, 0.05) is 23.7 Å². The lowest BCUT2D eigenvalue weighted by Gasteiger charge is -2.41. The second-order valence-corrected chi connectivity index (χ2v) is 5.95. The minimum atomic E-state index is -0.128. The highest BCUT2D eigenvalue weighted by atomic mass is 35.5. The highest BCUT2D eigenvalue weighted by Crippen LogP contribution is 2.30. The summed E-state index contributed by atoms with van der Waals surface area (Å²) in [4.78, 5) is 14.4. The molecule has 1 N–H and O–H groups in total. The van der Waals surface area contributed by atoms with Crippen LogP contribution in [0, 0.1) is 5.92 Å². The van der Waals surface area contributed by atoms with Crippen molar-refractivity contribution in [2.24, 2.45) is 5.92 Å². The van der Waals surface area contributed by atoms with Gasteiger partial charge in [-0.3, -0.25) is 4.79 Å². The number of benzene rings is 1. The van der Waals surface area contributed by atoms with Gasteiger partial charge in [0.15, 0.2) is 0 Å². The molecule has 0 aromatic heterocycles. The molecule has 0 spiro atoms. The molecule has 2 unspecified atom stereocenters. The summed E-state index contributed by atoms with van der Waals surface area (Å²) in [6, 6.07) is 7.81. The second kappa shape index (κ2) is 6.97. The molecule has 2 heterocycles. The summed E-state index contributed by atoms with van der Waals surface area (Å²) in [6.07, 6.45) is -0.128. The molecule has 1 aromatic rings. The third kappa shape index (κ3) is 3.34. The molecule has 0 saturated carbocycles. The molecular weight excluding hydrogens is 311 g/mol. The zero-order chi connectivity index (χ0) is 14.1. The second-order valence-electron chi connectivity index (χ2n) is 5.54. The van der Waals surface area contributed by atoms with Gasteiger partial charge in [-0.25, -0.2) is 0 Å². The molecule has 2 fully saturated rings. The molecule has 116 valence electrons. The minimum absolute atomic E-state index is 0. The number of ether oxygens (including phenoxy) is 1. The molecule has 1 aromatic carbocycles. The highest BCUT2D eigenvalue weighted by molar-refractivity contribution is 6.31. The van der Waals surface area contributed by atoms with Crippen LogP contribution in [0.15, 0.2) is 24.3 Å². The Hall–Kier alpha value is -0.810. The predicted octanol–water partition coefficient (Wildman–Crippen LogP) is 2.27. The maximum Gasteiger partial charge on any atom is 0.228 e. The zero-order valence-corrected chi connectivity index (χ0v) is 13.5. The minimum Gasteiger partial charge on any atom is -0.369 e. The molecule has 2 aliphatic rings. The molecular formula is C15H20Cl2N2O2. The summed E-state index contributed by atoms with van der Waals surface area (Å²) in [5.41, 5.74) is 0.964. The van der Waals surface area contributed by atoms with Crippen LogP contribution < -0.4 is 5.32 Å². The highest BCUT2D eigenvalue weighted by Gasteiger charge is 2.36. The largest absolute Gasteiger partial charge is 0.369 e. The first kappa shape index (κ1) is 16.6. The van der Waals surface area contributed by atoms with Crippen LogP contribution in [0.5, 0.6) is 0 Å². The topological polar surface area (TPSA) is 41.6 Å². The van der Waals surface area contributed by atoms with Gasteiger partial charge in [-0.15, -0.1) is 12.4 Å². The fourth-order valence-corrected chi connectivity index (χ4v) is 2.94. The molecule has 3 rings (SSSR count). The fourth-order valence-electron chi connectivity index (χ4n) is 2.69. The van der Waals surface area contributed by atoms with E-state index in [1.165, 1.54) is 0 Å². The summed E-state index contributed by atoms with van der Waals surface area (Å²) in [5, 5.41) is 3.85. The standard InChI is InChI=1S/C15H19ClN2O2.ClH/c1-10-9-20-14(12-4-2-3-5-13(12)16)8-18(10)15(19)11-6-17-7-11;/h2-5,10-11,14,17H,6-9H2,1H3;1H. The van der Waals surface area contributed by atoms with E-state index in [0.717, 1.165) is 18.7 Å². The number of hydrogen-bond donors (Lipinski definition) is 1. The summed E-state index contributed by atoms with van der Waals surface area (Å²) < 4.78 is 5.87. The molecule has 0 aliphatic carbocycles. The lowest BCUT2D eigenvalue weighted by atomic mass is 9.99. The van der Waals surface area contributed by atoms with Crippen molar-refractivity contribution in [1.82, 2.24) is 10.2 Å². The van der Waals surface area contributed by atoms with Crippen LogP contribution in [0.2, 0.25) is 5.02 Å². The molecule has 0 bridgehead atoms. The number of carbonyl (C=O) groups excluding carboxylic acids is 1. The quantitative estimate of drug-likeness (QED) is 0.904. The zero-order valence-electron chi connectivity index (χ0n) is 11.9. The van der Waals surface area contributed by atoms with Crippen LogP contribution in [0.1, 0.15) is 18.6 Å². The van der Waals surface area contributed by atoms with Crippen molar-refractivity contribution in [2.75, 3.05) is 26.2 Å². The smallest absolute Gasteiger partial charge is 0.228 e. The van der Waals surface area contributed by atoms with Gasteiger partial charge in [0.25, 0.3) is 0 Å². The molecule has 6 heteroatoms. The molecule has 4 nitrogen and oxygen atoms in total. The van der Waals surface area contributed by atoms with Crippen molar-refractivity contribution in [3.05, 3.63) is 34.9 Å². The fraction of sp³-hybridized carbons (Fsp3) is 0.533. The SMILES string of the molecule is CC1COC(c2ccccc2Cl)CN1C(=O)C1CNC1.Cl. The van der Waals surface area contributed by atoms with Crippen molar-refractivity contribution in [3.63, 3.8) is 0 Å². The van der Waals surface area contributed by atoms with Crippen molar-refractivity contribution in [2.45, 2.75) is 19.1 Å². The Morgan fingerprint density at radius 3 is 2.71 bits per heavy atom. The first-order chi connectivity index (χ1) is 9.66. The molecule has 0 radical (unpaired) electrons. The first-order valence-electron chi connectivity index (χ1n) is 7.04. The summed E-state index contributed by atoms with van der Waals surface area (Å²) in [7, 11) is 0. The Balaban J connectivity index is 0.00000161. The van der Waals surface area contributed by atoms with E-state index < -0.39 is 0 Å². The third-order valence-electron chi connectivity index (χ3n) is 4.10. The molecule has 1 amide bonds. The average molecular weight is 331 g/mol. The Morgan fingerprint density at radius 2 is 2.10 bits per heavy atom. The summed E-state index contributed by atoms with van der Waals surface area (Å²) in [5.74, 6) is 0.360. The maximum absolute atomic E-state index is 12.4. The molecule has 2 aliphatic heterocycles. The van der Waals surface area contributed by atoms with Crippen molar-refractivity contribution in [3.8, 4) is 0 Å². The Morgan fingerprint density at radius 1 is 1.38 bits per heavy atom. The van der Waals surface area contributed by atoms with Gasteiger partial charge in [0.1, 0.15) is 6.10 Å². The number of hydrogen-bond acceptors (Lipinski definition) is 3. The van der Waals surface area contributed by atoms with Gasteiger partial charge in [0.2, 0.25) is 5.91 Å². The van der Waals surface area contributed by atoms with Crippen LogP contribution in [0.25, 0.3) is 0 Å². The van der Waals surface area contributed by atoms with Gasteiger partial charge in [-0.2, -0.15) is 0 Å². The first-order valence-corrected chi connectivity index (χ1v) is 7.42. The lowest BCUT2D eigenvalue weighted by Crippen LogP contribution is -2.57. The summed E-state index contributed by atoms with van der Waals surface area (Å²) >= 11 is 6.23. The van der Waals surface area contributed by atoms with E-state index in [9.17, 15) is 4.79 Å². The van der Waals surface area contributed by atoms with Gasteiger partial charge >= 0.3 is 0 Å². The number of carbonyl (C=O) groups is 1. The van der Waals surface area contributed by atoms with Crippen molar-refractivity contribution < 1.29 is 9.53 Å². The molecule has 2 saturated heterocycles. The number of nitrogens with one attached hydrogen (secondary N) is 1. The third-order valence-corrected chi connectivity index (χ3v) is 4.44. The number of morpholine rings is 1. The monoisotopic (exact) mass is 330 g/mol. The van der Waals surface area contributed by atoms with E-state index in [1.54, 1.807) is 0 Å². The lowest BCUT2D eigenvalue weighted by molar-refractivity contribution is -0.150. The average Bonchev–Trinajstić information content (AvgIpc) is 2.38. The van der Waals surface area contributed by atoms with E-state index in [-0.39, 0.29) is 36.4 Å². The van der Waals surface area contributed by atoms with Crippen molar-refractivity contribution in [1.29, 1.82) is 0 Å². The van der Waals surface area contributed by atoms with E-state index in [0.29, 0.717) is 18.2 Å². The van der Waals surface area contributed by atoms with Crippen LogP contribution in [0.3, 0.4) is 0 Å². The van der Waals surface area contributed by atoms with Crippen LogP contribution in [-0.4, -0.2) is 43.1 Å². The normalized spacial score (nSPS) is 25.9. The maximum atomic E-state index is 12.4. The van der Waals surface area contributed by atoms with E-state index in [4.69, 9.17) is 16.3 Å². The van der Waals surface area contributed by atoms with E-state index in [1.807, 2.05) is 36.1 Å². The van der Waals surface area contributed by atoms with Gasteiger partial charge in [-0.05, 0) is 13.0 Å². The van der Waals surface area contributed by atoms with E-state index >= 15 is 0 Å². The van der Waals surface area contributed by atoms with Crippen molar-refractivity contribution >= 4 is 29.9 Å². The molecule has 21 heavy (non-hydrogen) atoms. The van der Waals surface area contributed by atoms with E-state index in [2.05, 4.69) is 5.32 Å². The Labute approximate surface area is 136 Å². The predicted molar refractivity (Wildman–Crippen MR) is 84.9 cm³/mol. The van der Waals surface area contributed by atoms with Gasteiger partial charge in [-0.1, -0.05) is 29.8 Å². The molecule has 2 atom stereocenters.